The number of carbonyl (C=O) groups excluding carboxylic acids is 1. The van der Waals surface area contributed by atoms with Gasteiger partial charge in [-0.05, 0) is 60.9 Å². The molecule has 0 bridgehead atoms. The van der Waals surface area contributed by atoms with Crippen LogP contribution in [0.1, 0.15) is 18.4 Å². The Balaban J connectivity index is 1.29. The summed E-state index contributed by atoms with van der Waals surface area (Å²) in [5.74, 6) is -0.205. The fourth-order valence-corrected chi connectivity index (χ4v) is 4.07. The Morgan fingerprint density at radius 3 is 2.41 bits per heavy atom. The zero-order valence-electron chi connectivity index (χ0n) is 15.6. The van der Waals surface area contributed by atoms with Crippen molar-refractivity contribution in [2.75, 3.05) is 5.43 Å². The third-order valence-electron chi connectivity index (χ3n) is 4.48. The molecule has 1 saturated carbocycles. The largest absolute Gasteiger partial charge is 0.299 e. The van der Waals surface area contributed by atoms with Crippen LogP contribution in [0.4, 0.5) is 5.69 Å². The summed E-state index contributed by atoms with van der Waals surface area (Å²) >= 11 is 0. The maximum absolute atomic E-state index is 12.2. The Bertz CT molecular complexity index is 1070. The number of aromatic nitrogens is 2. The third-order valence-corrected chi connectivity index (χ3v) is 6.02. The lowest BCUT2D eigenvalue weighted by atomic mass is 10.1. The number of rotatable bonds is 8. The first kappa shape index (κ1) is 19.2. The van der Waals surface area contributed by atoms with E-state index in [0.29, 0.717) is 5.69 Å². The summed E-state index contributed by atoms with van der Waals surface area (Å²) in [5, 5.41) is 4.16. The number of benzene rings is 2. The summed E-state index contributed by atoms with van der Waals surface area (Å²) in [5.41, 5.74) is 7.80. The average molecular weight is 411 g/mol. The maximum atomic E-state index is 12.2. The minimum atomic E-state index is -3.48. The van der Waals surface area contributed by atoms with Gasteiger partial charge in [0, 0.05) is 18.4 Å². The fourth-order valence-electron chi connectivity index (χ4n) is 2.77. The minimum Gasteiger partial charge on any atom is -0.299 e. The molecule has 0 atom stereocenters. The van der Waals surface area contributed by atoms with Crippen LogP contribution in [0.2, 0.25) is 0 Å². The Kier molecular flexibility index (Phi) is 5.32. The van der Waals surface area contributed by atoms with E-state index in [2.05, 4.69) is 20.7 Å². The first-order valence-electron chi connectivity index (χ1n) is 9.26. The summed E-state index contributed by atoms with van der Waals surface area (Å²) < 4.78 is 28.7. The van der Waals surface area contributed by atoms with E-state index in [1.165, 1.54) is 12.1 Å². The van der Waals surface area contributed by atoms with Gasteiger partial charge in [0.05, 0.1) is 22.7 Å². The van der Waals surface area contributed by atoms with Gasteiger partial charge in [-0.15, -0.1) is 0 Å². The molecule has 9 heteroatoms. The second kappa shape index (κ2) is 8.06. The van der Waals surface area contributed by atoms with Crippen molar-refractivity contribution in [1.82, 2.24) is 19.9 Å². The Morgan fingerprint density at radius 2 is 1.79 bits per heavy atom. The Hall–Kier alpha value is -3.17. The van der Waals surface area contributed by atoms with Crippen molar-refractivity contribution in [1.29, 1.82) is 0 Å². The van der Waals surface area contributed by atoms with Crippen LogP contribution in [-0.2, 0) is 21.2 Å². The number of anilines is 1. The van der Waals surface area contributed by atoms with Crippen LogP contribution in [-0.4, -0.2) is 30.1 Å². The van der Waals surface area contributed by atoms with Crippen LogP contribution >= 0.6 is 0 Å². The minimum absolute atomic E-state index is 0.0608. The Labute approximate surface area is 169 Å². The molecule has 1 fully saturated rings. The van der Waals surface area contributed by atoms with Crippen LogP contribution in [0.5, 0.6) is 0 Å². The van der Waals surface area contributed by atoms with Crippen LogP contribution in [0.3, 0.4) is 0 Å². The molecule has 4 rings (SSSR count). The highest BCUT2D eigenvalue weighted by Gasteiger charge is 2.27. The summed E-state index contributed by atoms with van der Waals surface area (Å²) in [6, 6.07) is 15.7. The van der Waals surface area contributed by atoms with Gasteiger partial charge >= 0.3 is 0 Å². The zero-order chi connectivity index (χ0) is 20.3. The van der Waals surface area contributed by atoms with Gasteiger partial charge in [-0.25, -0.2) is 17.8 Å². The topological polar surface area (TPSA) is 105 Å². The number of amides is 1. The molecule has 0 saturated heterocycles. The van der Waals surface area contributed by atoms with Crippen molar-refractivity contribution >= 4 is 21.6 Å². The zero-order valence-corrected chi connectivity index (χ0v) is 16.4. The molecule has 0 aliphatic heterocycles. The average Bonchev–Trinajstić information content (AvgIpc) is 3.34. The molecule has 1 aliphatic rings. The molecular weight excluding hydrogens is 390 g/mol. The third kappa shape index (κ3) is 5.01. The molecule has 1 heterocycles. The van der Waals surface area contributed by atoms with E-state index in [1.54, 1.807) is 23.0 Å². The molecule has 8 nitrogen and oxygen atoms in total. The van der Waals surface area contributed by atoms with E-state index in [1.807, 2.05) is 36.5 Å². The molecule has 0 spiro atoms. The van der Waals surface area contributed by atoms with Gasteiger partial charge in [-0.2, -0.15) is 5.10 Å². The van der Waals surface area contributed by atoms with Gasteiger partial charge < -0.3 is 0 Å². The van der Waals surface area contributed by atoms with Crippen molar-refractivity contribution in [3.05, 3.63) is 72.6 Å². The smallest absolute Gasteiger partial charge is 0.242 e. The molecule has 2 aromatic carbocycles. The molecule has 1 aromatic heterocycles. The molecule has 1 aliphatic carbocycles. The first-order chi connectivity index (χ1) is 14.0. The maximum Gasteiger partial charge on any atom is 0.242 e. The predicted molar refractivity (Wildman–Crippen MR) is 109 cm³/mol. The molecule has 150 valence electrons. The molecule has 0 radical (unpaired) electrons. The fraction of sp³-hybridized carbons (Fsp3) is 0.200. The van der Waals surface area contributed by atoms with Crippen LogP contribution in [0.25, 0.3) is 5.69 Å². The van der Waals surface area contributed by atoms with E-state index in [9.17, 15) is 13.2 Å². The van der Waals surface area contributed by atoms with Crippen LogP contribution < -0.4 is 15.6 Å². The molecule has 29 heavy (non-hydrogen) atoms. The highest BCUT2D eigenvalue weighted by molar-refractivity contribution is 7.89. The summed E-state index contributed by atoms with van der Waals surface area (Å²) in [7, 11) is -3.48. The van der Waals surface area contributed by atoms with Crippen molar-refractivity contribution in [3.8, 4) is 5.69 Å². The van der Waals surface area contributed by atoms with E-state index in [0.717, 1.165) is 24.1 Å². The number of hydrogen-bond donors (Lipinski definition) is 3. The number of nitrogens with one attached hydrogen (secondary N) is 3. The molecular formula is C20H21N5O3S. The highest BCUT2D eigenvalue weighted by atomic mass is 32.2. The molecule has 3 N–H and O–H groups in total. The summed E-state index contributed by atoms with van der Waals surface area (Å²) in [4.78, 5) is 12.4. The van der Waals surface area contributed by atoms with Crippen molar-refractivity contribution in [3.63, 3.8) is 0 Å². The van der Waals surface area contributed by atoms with Crippen molar-refractivity contribution in [2.45, 2.75) is 30.2 Å². The van der Waals surface area contributed by atoms with Crippen LogP contribution in [0.15, 0.2) is 71.9 Å². The van der Waals surface area contributed by atoms with E-state index in [-0.39, 0.29) is 23.3 Å². The number of hydrazine groups is 1. The van der Waals surface area contributed by atoms with Gasteiger partial charge in [0.15, 0.2) is 0 Å². The Morgan fingerprint density at radius 1 is 1.07 bits per heavy atom. The SMILES string of the molecule is O=C(Cc1ccc(-n2cccn2)cc1)NNc1ccc(S(=O)(=O)NC2CC2)cc1. The van der Waals surface area contributed by atoms with Gasteiger partial charge in [0.2, 0.25) is 15.9 Å². The van der Waals surface area contributed by atoms with E-state index in [4.69, 9.17) is 0 Å². The lowest BCUT2D eigenvalue weighted by molar-refractivity contribution is -0.119. The van der Waals surface area contributed by atoms with E-state index >= 15 is 0 Å². The lowest BCUT2D eigenvalue weighted by Gasteiger charge is -2.10. The van der Waals surface area contributed by atoms with Gasteiger partial charge in [0.25, 0.3) is 0 Å². The second-order valence-corrected chi connectivity index (χ2v) is 8.60. The number of hydrogen-bond acceptors (Lipinski definition) is 5. The van der Waals surface area contributed by atoms with E-state index < -0.39 is 10.0 Å². The second-order valence-electron chi connectivity index (χ2n) is 6.89. The number of sulfonamides is 1. The number of carbonyl (C=O) groups is 1. The highest BCUT2D eigenvalue weighted by Crippen LogP contribution is 2.22. The quantitative estimate of drug-likeness (QED) is 0.492. The first-order valence-corrected chi connectivity index (χ1v) is 10.7. The van der Waals surface area contributed by atoms with Crippen molar-refractivity contribution in [2.24, 2.45) is 0 Å². The standard InChI is InChI=1S/C20H21N5O3S/c26-20(14-15-2-8-18(9-3-15)25-13-1-12-21-25)23-22-16-6-10-19(11-7-16)29(27,28)24-17-4-5-17/h1-3,6-13,17,22,24H,4-5,14H2,(H,23,26). The number of nitrogens with zero attached hydrogens (tertiary/aromatic N) is 2. The predicted octanol–water partition coefficient (Wildman–Crippen LogP) is 2.00. The molecule has 0 unspecified atom stereocenters. The summed E-state index contributed by atoms with van der Waals surface area (Å²) in [6.45, 7) is 0. The monoisotopic (exact) mass is 411 g/mol. The molecule has 3 aromatic rings. The van der Waals surface area contributed by atoms with Crippen LogP contribution in [0, 0.1) is 0 Å². The van der Waals surface area contributed by atoms with Gasteiger partial charge in [0.1, 0.15) is 0 Å². The lowest BCUT2D eigenvalue weighted by Crippen LogP contribution is -2.30. The van der Waals surface area contributed by atoms with Gasteiger partial charge in [-0.1, -0.05) is 12.1 Å². The van der Waals surface area contributed by atoms with Gasteiger partial charge in [-0.3, -0.25) is 15.6 Å². The summed E-state index contributed by atoms with van der Waals surface area (Å²) in [6.07, 6.45) is 5.54. The normalized spacial score (nSPS) is 13.8. The molecule has 1 amide bonds. The van der Waals surface area contributed by atoms with Crippen molar-refractivity contribution < 1.29 is 13.2 Å².